The standard InChI is InChI=1S/C32H22O/c1-20-23-11-4-6-14-26(23)28(27-15-7-5-12-24(20)27)19-22-10-8-16-29-31(22)32-25-13-3-2-9-21(25)17-18-30(32)33-29/h2-18H,19H2,1H3. The van der Waals surface area contributed by atoms with E-state index in [4.69, 9.17) is 4.42 Å². The molecule has 156 valence electrons. The van der Waals surface area contributed by atoms with Crippen LogP contribution in [0.5, 0.6) is 0 Å². The van der Waals surface area contributed by atoms with Crippen molar-refractivity contribution in [1.82, 2.24) is 0 Å². The molecular formula is C32H22O. The van der Waals surface area contributed by atoms with Gasteiger partial charge in [-0.15, -0.1) is 0 Å². The minimum absolute atomic E-state index is 0.858. The van der Waals surface area contributed by atoms with Gasteiger partial charge in [0.25, 0.3) is 0 Å². The molecule has 0 bridgehead atoms. The summed E-state index contributed by atoms with van der Waals surface area (Å²) in [7, 11) is 0. The number of hydrogen-bond acceptors (Lipinski definition) is 1. The topological polar surface area (TPSA) is 13.1 Å². The summed E-state index contributed by atoms with van der Waals surface area (Å²) >= 11 is 0. The average molecular weight is 423 g/mol. The van der Waals surface area contributed by atoms with Gasteiger partial charge in [0, 0.05) is 10.8 Å². The lowest BCUT2D eigenvalue weighted by atomic mass is 9.88. The molecular weight excluding hydrogens is 400 g/mol. The predicted octanol–water partition coefficient (Wildman–Crippen LogP) is 8.94. The molecule has 7 aromatic rings. The number of aryl methyl sites for hydroxylation is 1. The van der Waals surface area contributed by atoms with Crippen LogP contribution in [0.1, 0.15) is 16.7 Å². The normalized spacial score (nSPS) is 11.9. The minimum Gasteiger partial charge on any atom is -0.456 e. The van der Waals surface area contributed by atoms with E-state index in [0.29, 0.717) is 0 Å². The number of furan rings is 1. The van der Waals surface area contributed by atoms with Crippen molar-refractivity contribution < 1.29 is 4.42 Å². The van der Waals surface area contributed by atoms with E-state index in [0.717, 1.165) is 17.6 Å². The Labute approximate surface area is 191 Å². The fraction of sp³-hybridized carbons (Fsp3) is 0.0625. The maximum Gasteiger partial charge on any atom is 0.136 e. The van der Waals surface area contributed by atoms with Crippen molar-refractivity contribution in [1.29, 1.82) is 0 Å². The lowest BCUT2D eigenvalue weighted by Crippen LogP contribution is -1.95. The lowest BCUT2D eigenvalue weighted by molar-refractivity contribution is 0.669. The Morgan fingerprint density at radius 2 is 1.12 bits per heavy atom. The Hall–Kier alpha value is -4.10. The van der Waals surface area contributed by atoms with Crippen molar-refractivity contribution in [3.8, 4) is 0 Å². The zero-order chi connectivity index (χ0) is 21.9. The Morgan fingerprint density at radius 1 is 0.515 bits per heavy atom. The number of hydrogen-bond donors (Lipinski definition) is 0. The molecule has 0 aliphatic rings. The monoisotopic (exact) mass is 422 g/mol. The van der Waals surface area contributed by atoms with Crippen LogP contribution in [-0.4, -0.2) is 0 Å². The molecule has 0 aliphatic heterocycles. The Balaban J connectivity index is 1.58. The number of benzene rings is 6. The highest BCUT2D eigenvalue weighted by Gasteiger charge is 2.17. The molecule has 0 spiro atoms. The Morgan fingerprint density at radius 3 is 1.85 bits per heavy atom. The fourth-order valence-corrected chi connectivity index (χ4v) is 5.62. The molecule has 0 saturated carbocycles. The second-order valence-electron chi connectivity index (χ2n) is 8.92. The van der Waals surface area contributed by atoms with Gasteiger partial charge in [-0.2, -0.15) is 0 Å². The van der Waals surface area contributed by atoms with Crippen LogP contribution in [0.15, 0.2) is 108 Å². The third-order valence-electron chi connectivity index (χ3n) is 7.15. The predicted molar refractivity (Wildman–Crippen MR) is 140 cm³/mol. The van der Waals surface area contributed by atoms with Gasteiger partial charge in [-0.1, -0.05) is 91.0 Å². The van der Waals surface area contributed by atoms with Crippen LogP contribution in [0.2, 0.25) is 0 Å². The molecule has 1 heterocycles. The molecule has 1 aromatic heterocycles. The van der Waals surface area contributed by atoms with E-state index >= 15 is 0 Å². The summed E-state index contributed by atoms with van der Waals surface area (Å²) in [6.45, 7) is 2.24. The molecule has 6 aromatic carbocycles. The van der Waals surface area contributed by atoms with Gasteiger partial charge < -0.3 is 4.42 Å². The first-order valence-corrected chi connectivity index (χ1v) is 11.5. The van der Waals surface area contributed by atoms with Crippen molar-refractivity contribution in [2.45, 2.75) is 13.3 Å². The van der Waals surface area contributed by atoms with Crippen molar-refractivity contribution in [3.63, 3.8) is 0 Å². The number of fused-ring (bicyclic) bond motifs is 7. The molecule has 1 heteroatoms. The zero-order valence-electron chi connectivity index (χ0n) is 18.4. The summed E-state index contributed by atoms with van der Waals surface area (Å²) < 4.78 is 6.33. The van der Waals surface area contributed by atoms with Crippen LogP contribution in [0, 0.1) is 6.92 Å². The van der Waals surface area contributed by atoms with Crippen LogP contribution in [0.3, 0.4) is 0 Å². The second-order valence-corrected chi connectivity index (χ2v) is 8.92. The smallest absolute Gasteiger partial charge is 0.136 e. The highest BCUT2D eigenvalue weighted by Crippen LogP contribution is 2.39. The minimum atomic E-state index is 0.858. The van der Waals surface area contributed by atoms with E-state index in [1.165, 1.54) is 59.8 Å². The molecule has 0 atom stereocenters. The number of rotatable bonds is 2. The molecule has 0 N–H and O–H groups in total. The largest absolute Gasteiger partial charge is 0.456 e. The lowest BCUT2D eigenvalue weighted by Gasteiger charge is -2.15. The van der Waals surface area contributed by atoms with Gasteiger partial charge in [0.1, 0.15) is 11.2 Å². The molecule has 0 aliphatic carbocycles. The van der Waals surface area contributed by atoms with Gasteiger partial charge in [-0.05, 0) is 74.5 Å². The van der Waals surface area contributed by atoms with Crippen LogP contribution in [0.4, 0.5) is 0 Å². The highest BCUT2D eigenvalue weighted by atomic mass is 16.3. The Kier molecular flexibility index (Phi) is 3.89. The zero-order valence-corrected chi connectivity index (χ0v) is 18.4. The van der Waals surface area contributed by atoms with E-state index in [1.54, 1.807) is 0 Å². The molecule has 7 rings (SSSR count). The van der Waals surface area contributed by atoms with Gasteiger partial charge in [-0.25, -0.2) is 0 Å². The summed E-state index contributed by atoms with van der Waals surface area (Å²) in [6.07, 6.45) is 0.858. The molecule has 33 heavy (non-hydrogen) atoms. The van der Waals surface area contributed by atoms with E-state index in [9.17, 15) is 0 Å². The SMILES string of the molecule is Cc1c2ccccc2c(Cc2cccc3oc4ccc5ccccc5c4c23)c2ccccc12. The van der Waals surface area contributed by atoms with Crippen molar-refractivity contribution in [3.05, 3.63) is 120 Å². The van der Waals surface area contributed by atoms with Crippen molar-refractivity contribution >= 4 is 54.3 Å². The van der Waals surface area contributed by atoms with Gasteiger partial charge >= 0.3 is 0 Å². The second kappa shape index (κ2) is 6.95. The molecule has 1 nitrogen and oxygen atoms in total. The third-order valence-corrected chi connectivity index (χ3v) is 7.15. The maximum atomic E-state index is 6.33. The van der Waals surface area contributed by atoms with Crippen LogP contribution in [0.25, 0.3) is 54.3 Å². The third kappa shape index (κ3) is 2.66. The maximum absolute atomic E-state index is 6.33. The van der Waals surface area contributed by atoms with Crippen molar-refractivity contribution in [2.24, 2.45) is 0 Å². The van der Waals surface area contributed by atoms with Gasteiger partial charge in [-0.3, -0.25) is 0 Å². The summed E-state index contributed by atoms with van der Waals surface area (Å²) in [5.41, 5.74) is 5.95. The van der Waals surface area contributed by atoms with E-state index < -0.39 is 0 Å². The summed E-state index contributed by atoms with van der Waals surface area (Å²) in [4.78, 5) is 0. The summed E-state index contributed by atoms with van der Waals surface area (Å²) in [5.74, 6) is 0. The quantitative estimate of drug-likeness (QED) is 0.253. The van der Waals surface area contributed by atoms with E-state index in [-0.39, 0.29) is 0 Å². The van der Waals surface area contributed by atoms with Gasteiger partial charge in [0.15, 0.2) is 0 Å². The first-order valence-electron chi connectivity index (χ1n) is 11.5. The van der Waals surface area contributed by atoms with Gasteiger partial charge in [0.05, 0.1) is 0 Å². The van der Waals surface area contributed by atoms with E-state index in [1.807, 2.05) is 0 Å². The first kappa shape index (κ1) is 18.5. The average Bonchev–Trinajstić information content (AvgIpc) is 3.27. The molecule has 0 saturated heterocycles. The summed E-state index contributed by atoms with van der Waals surface area (Å²) in [6, 6.07) is 37.0. The summed E-state index contributed by atoms with van der Waals surface area (Å²) in [5, 5.41) is 10.3. The van der Waals surface area contributed by atoms with Crippen LogP contribution < -0.4 is 0 Å². The molecule has 0 unspecified atom stereocenters. The Bertz CT molecular complexity index is 1800. The van der Waals surface area contributed by atoms with Crippen molar-refractivity contribution in [2.75, 3.05) is 0 Å². The van der Waals surface area contributed by atoms with Crippen LogP contribution >= 0.6 is 0 Å². The first-order chi connectivity index (χ1) is 16.3. The molecule has 0 amide bonds. The van der Waals surface area contributed by atoms with E-state index in [2.05, 4.69) is 110 Å². The highest BCUT2D eigenvalue weighted by molar-refractivity contribution is 6.20. The molecule has 0 fully saturated rings. The molecule has 0 radical (unpaired) electrons. The van der Waals surface area contributed by atoms with Crippen LogP contribution in [-0.2, 0) is 6.42 Å². The van der Waals surface area contributed by atoms with Gasteiger partial charge in [0.2, 0.25) is 0 Å². The fourth-order valence-electron chi connectivity index (χ4n) is 5.62.